The van der Waals surface area contributed by atoms with E-state index in [2.05, 4.69) is 39.4 Å². The van der Waals surface area contributed by atoms with E-state index in [1.165, 1.54) is 5.56 Å². The average Bonchev–Trinajstić information content (AvgIpc) is 2.84. The summed E-state index contributed by atoms with van der Waals surface area (Å²) in [5.41, 5.74) is 2.90. The highest BCUT2D eigenvalue weighted by Crippen LogP contribution is 2.37. The molecular weight excluding hydrogens is 457 g/mol. The molecule has 0 amide bonds. The molecule has 5 nitrogen and oxygen atoms in total. The number of pyridine rings is 1. The molecule has 4 rings (SSSR count). The molecule has 0 spiro atoms. The lowest BCUT2D eigenvalue weighted by molar-refractivity contribution is 0.289. The van der Waals surface area contributed by atoms with Gasteiger partial charge in [0, 0.05) is 29.6 Å². The number of hydrogen-bond donors (Lipinski definition) is 0. The van der Waals surface area contributed by atoms with E-state index in [1.807, 2.05) is 18.2 Å². The number of fused-ring (bicyclic) bond motifs is 1. The number of methoxy groups -OCH3 is 1. The van der Waals surface area contributed by atoms with Crippen molar-refractivity contribution in [3.05, 3.63) is 87.9 Å². The van der Waals surface area contributed by atoms with Gasteiger partial charge < -0.3 is 9.47 Å². The fourth-order valence-electron chi connectivity index (χ4n) is 3.81. The summed E-state index contributed by atoms with van der Waals surface area (Å²) in [6.07, 6.45) is 9.57. The van der Waals surface area contributed by atoms with Crippen LogP contribution in [0.3, 0.4) is 0 Å². The van der Waals surface area contributed by atoms with Crippen LogP contribution in [0.2, 0.25) is 10.0 Å². The quantitative estimate of drug-likeness (QED) is 0.235. The Hall–Kier alpha value is -2.89. The third kappa shape index (κ3) is 5.73. The lowest BCUT2D eigenvalue weighted by Crippen LogP contribution is -2.03. The number of aromatic nitrogens is 3. The largest absolute Gasteiger partial charge is 0.493 e. The van der Waals surface area contributed by atoms with Gasteiger partial charge in [-0.25, -0.2) is 0 Å². The summed E-state index contributed by atoms with van der Waals surface area (Å²) in [5, 5.41) is 11.3. The normalized spacial score (nSPS) is 11.0. The second-order valence-electron chi connectivity index (χ2n) is 7.75. The van der Waals surface area contributed by atoms with Crippen molar-refractivity contribution in [1.29, 1.82) is 0 Å². The van der Waals surface area contributed by atoms with Crippen LogP contribution in [0.4, 0.5) is 0 Å². The van der Waals surface area contributed by atoms with Gasteiger partial charge in [-0.1, -0.05) is 53.5 Å². The highest BCUT2D eigenvalue weighted by Gasteiger charge is 2.16. The Morgan fingerprint density at radius 1 is 0.848 bits per heavy atom. The van der Waals surface area contributed by atoms with Crippen LogP contribution >= 0.6 is 23.2 Å². The van der Waals surface area contributed by atoms with E-state index in [9.17, 15) is 0 Å². The fraction of sp³-hybridized carbons (Fsp3) is 0.269. The zero-order valence-electron chi connectivity index (χ0n) is 18.4. The van der Waals surface area contributed by atoms with E-state index in [1.54, 1.807) is 25.7 Å². The summed E-state index contributed by atoms with van der Waals surface area (Å²) < 4.78 is 11.8. The number of benzene rings is 2. The molecule has 0 saturated carbocycles. The minimum absolute atomic E-state index is 0.440. The summed E-state index contributed by atoms with van der Waals surface area (Å²) >= 11 is 12.6. The SMILES string of the molecule is COc1ccc2c(Cc3c(Cl)cncc3Cl)nncc2c1OCCCCCc1ccccc1. The Morgan fingerprint density at radius 2 is 1.64 bits per heavy atom. The Morgan fingerprint density at radius 3 is 2.39 bits per heavy atom. The van der Waals surface area contributed by atoms with Crippen molar-refractivity contribution in [3.63, 3.8) is 0 Å². The Kier molecular flexibility index (Phi) is 7.97. The molecular formula is C26H25Cl2N3O2. The molecule has 170 valence electrons. The van der Waals surface area contributed by atoms with Gasteiger partial charge in [-0.05, 0) is 48.9 Å². The van der Waals surface area contributed by atoms with Gasteiger partial charge in [0.1, 0.15) is 0 Å². The van der Waals surface area contributed by atoms with E-state index in [0.29, 0.717) is 34.6 Å². The first-order valence-corrected chi connectivity index (χ1v) is 11.7. The topological polar surface area (TPSA) is 57.1 Å². The molecule has 7 heteroatoms. The van der Waals surface area contributed by atoms with Gasteiger partial charge in [0.05, 0.1) is 35.7 Å². The molecule has 0 bridgehead atoms. The predicted molar refractivity (Wildman–Crippen MR) is 133 cm³/mol. The molecule has 0 radical (unpaired) electrons. The molecule has 0 fully saturated rings. The highest BCUT2D eigenvalue weighted by atomic mass is 35.5. The van der Waals surface area contributed by atoms with Crippen molar-refractivity contribution >= 4 is 34.0 Å². The van der Waals surface area contributed by atoms with Crippen molar-refractivity contribution < 1.29 is 9.47 Å². The van der Waals surface area contributed by atoms with Crippen molar-refractivity contribution in [2.75, 3.05) is 13.7 Å². The lowest BCUT2D eigenvalue weighted by Gasteiger charge is -2.15. The van der Waals surface area contributed by atoms with Crippen LogP contribution in [0, 0.1) is 0 Å². The van der Waals surface area contributed by atoms with Crippen LogP contribution in [-0.2, 0) is 12.8 Å². The van der Waals surface area contributed by atoms with Gasteiger partial charge in [-0.15, -0.1) is 0 Å². The smallest absolute Gasteiger partial charge is 0.170 e. The number of nitrogens with zero attached hydrogens (tertiary/aromatic N) is 3. The van der Waals surface area contributed by atoms with Gasteiger partial charge >= 0.3 is 0 Å². The molecule has 0 aliphatic rings. The number of aryl methyl sites for hydroxylation is 1. The maximum Gasteiger partial charge on any atom is 0.170 e. The highest BCUT2D eigenvalue weighted by molar-refractivity contribution is 6.35. The predicted octanol–water partition coefficient (Wildman–Crippen LogP) is 6.72. The van der Waals surface area contributed by atoms with Crippen molar-refractivity contribution in [2.24, 2.45) is 0 Å². The zero-order chi connectivity index (χ0) is 23.0. The van der Waals surface area contributed by atoms with Crippen LogP contribution in [0.25, 0.3) is 10.8 Å². The van der Waals surface area contributed by atoms with Crippen LogP contribution in [0.5, 0.6) is 11.5 Å². The number of rotatable bonds is 10. The van der Waals surface area contributed by atoms with E-state index in [4.69, 9.17) is 32.7 Å². The maximum atomic E-state index is 6.32. The molecule has 2 aromatic heterocycles. The third-order valence-corrected chi connectivity index (χ3v) is 6.20. The Balaban J connectivity index is 1.47. The summed E-state index contributed by atoms with van der Waals surface area (Å²) in [4.78, 5) is 4.02. The monoisotopic (exact) mass is 481 g/mol. The summed E-state index contributed by atoms with van der Waals surface area (Å²) in [5.74, 6) is 1.35. The summed E-state index contributed by atoms with van der Waals surface area (Å²) in [6.45, 7) is 0.601. The van der Waals surface area contributed by atoms with Crippen LogP contribution < -0.4 is 9.47 Å². The molecule has 2 aromatic carbocycles. The second kappa shape index (κ2) is 11.3. The standard InChI is InChI=1S/C26H25Cl2N3O2/c1-32-25-12-11-19-21(15-30-31-24(19)14-20-22(27)16-29-17-23(20)28)26(25)33-13-7-3-6-10-18-8-4-2-5-9-18/h2,4-5,8-9,11-12,15-17H,3,6-7,10,13-14H2,1H3. The van der Waals surface area contributed by atoms with Gasteiger partial charge in [0.2, 0.25) is 0 Å². The molecule has 0 atom stereocenters. The number of unbranched alkanes of at least 4 members (excludes halogenated alkanes) is 2. The van der Waals surface area contributed by atoms with E-state index in [-0.39, 0.29) is 0 Å². The van der Waals surface area contributed by atoms with Crippen molar-refractivity contribution in [2.45, 2.75) is 32.1 Å². The molecule has 0 aliphatic heterocycles. The molecule has 33 heavy (non-hydrogen) atoms. The first-order chi connectivity index (χ1) is 16.2. The third-order valence-electron chi connectivity index (χ3n) is 5.55. The molecule has 0 N–H and O–H groups in total. The van der Waals surface area contributed by atoms with E-state index >= 15 is 0 Å². The number of halogens is 2. The first kappa shape index (κ1) is 23.3. The van der Waals surface area contributed by atoms with Gasteiger partial charge in [-0.3, -0.25) is 4.98 Å². The van der Waals surface area contributed by atoms with E-state index in [0.717, 1.165) is 47.7 Å². The maximum absolute atomic E-state index is 6.32. The molecule has 4 aromatic rings. The second-order valence-corrected chi connectivity index (χ2v) is 8.57. The zero-order valence-corrected chi connectivity index (χ0v) is 19.9. The molecule has 0 saturated heterocycles. The first-order valence-electron chi connectivity index (χ1n) is 10.9. The fourth-order valence-corrected chi connectivity index (χ4v) is 4.31. The molecule has 0 unspecified atom stereocenters. The summed E-state index contributed by atoms with van der Waals surface area (Å²) in [7, 11) is 1.64. The lowest BCUT2D eigenvalue weighted by atomic mass is 10.0. The number of ether oxygens (including phenoxy) is 2. The van der Waals surface area contributed by atoms with Gasteiger partial charge in [0.25, 0.3) is 0 Å². The summed E-state index contributed by atoms with van der Waals surface area (Å²) in [6, 6.07) is 14.4. The van der Waals surface area contributed by atoms with E-state index < -0.39 is 0 Å². The molecule has 0 aliphatic carbocycles. The van der Waals surface area contributed by atoms with Crippen LogP contribution in [0.1, 0.15) is 36.1 Å². The van der Waals surface area contributed by atoms with Gasteiger partial charge in [0.15, 0.2) is 11.5 Å². The molecule has 2 heterocycles. The van der Waals surface area contributed by atoms with Crippen LogP contribution in [-0.4, -0.2) is 28.9 Å². The van der Waals surface area contributed by atoms with Gasteiger partial charge in [-0.2, -0.15) is 10.2 Å². The Labute approximate surface area is 203 Å². The minimum Gasteiger partial charge on any atom is -0.493 e. The Bertz CT molecular complexity index is 1200. The minimum atomic E-state index is 0.440. The van der Waals surface area contributed by atoms with Crippen molar-refractivity contribution in [1.82, 2.24) is 15.2 Å². The van der Waals surface area contributed by atoms with Crippen molar-refractivity contribution in [3.8, 4) is 11.5 Å². The number of hydrogen-bond acceptors (Lipinski definition) is 5. The average molecular weight is 482 g/mol. The van der Waals surface area contributed by atoms with Crippen LogP contribution in [0.15, 0.2) is 61.1 Å².